The number of aromatic amines is 2. The lowest BCUT2D eigenvalue weighted by atomic mass is 10.0. The summed E-state index contributed by atoms with van der Waals surface area (Å²) in [6, 6.07) is 7.85. The van der Waals surface area contributed by atoms with Crippen molar-refractivity contribution in [1.82, 2.24) is 55.3 Å². The Bertz CT molecular complexity index is 2270. The molecule has 1 aromatic carbocycles. The second-order valence-electron chi connectivity index (χ2n) is 15.3. The number of hydrogen-bond donors (Lipinski definition) is 4. The number of nitrogens with zero attached hydrogens (tertiary/aromatic N) is 7. The Morgan fingerprint density at radius 1 is 0.672 bits per heavy atom. The average molecular weight is 792 g/mol. The monoisotopic (exact) mass is 791 g/mol. The SMILES string of the molecule is COC(=O)NC(C(=O)N1CCCC1c1ncc(-c2ccc(-c3cnc(-c4cc5nc(C6CCCN6C(=O)C(NC(=O)OC)C(C)C)[nH]c5cn4)cn3)cc2)[nH]1)C(C)C. The second kappa shape index (κ2) is 17.0. The van der Waals surface area contributed by atoms with E-state index in [0.29, 0.717) is 47.3 Å². The van der Waals surface area contributed by atoms with Gasteiger partial charge < -0.3 is 39.9 Å². The Labute approximate surface area is 335 Å². The maximum absolute atomic E-state index is 13.6. The van der Waals surface area contributed by atoms with Gasteiger partial charge in [0.1, 0.15) is 29.4 Å². The summed E-state index contributed by atoms with van der Waals surface area (Å²) in [6.07, 6.45) is 8.75. The van der Waals surface area contributed by atoms with Crippen LogP contribution >= 0.6 is 0 Å². The van der Waals surface area contributed by atoms with Gasteiger partial charge in [0, 0.05) is 18.7 Å². The number of hydrogen-bond acceptors (Lipinski definition) is 11. The molecule has 17 heteroatoms. The van der Waals surface area contributed by atoms with Crippen molar-refractivity contribution in [2.75, 3.05) is 27.3 Å². The number of benzene rings is 1. The highest BCUT2D eigenvalue weighted by molar-refractivity contribution is 5.87. The number of ether oxygens (including phenoxy) is 2. The topological polar surface area (TPSA) is 213 Å². The van der Waals surface area contributed by atoms with Gasteiger partial charge in [0.2, 0.25) is 11.8 Å². The van der Waals surface area contributed by atoms with Gasteiger partial charge in [-0.25, -0.2) is 19.6 Å². The number of methoxy groups -OCH3 is 2. The molecule has 0 bridgehead atoms. The number of rotatable bonds is 11. The Morgan fingerprint density at radius 2 is 1.21 bits per heavy atom. The van der Waals surface area contributed by atoms with Gasteiger partial charge in [0.25, 0.3) is 0 Å². The van der Waals surface area contributed by atoms with Gasteiger partial charge in [-0.15, -0.1) is 0 Å². The van der Waals surface area contributed by atoms with Crippen LogP contribution in [0.2, 0.25) is 0 Å². The standard InChI is InChI=1S/C41H49N11O6/c1-22(2)34(49-40(55)57-5)38(53)51-15-7-9-32(51)36-45-19-29(47-36)25-13-11-24(12-14-25)28-18-44-30(20-43-28)26-17-27-31(21-42-26)48-37(46-27)33-10-8-16-52(33)39(54)35(23(3)4)50-41(56)58-6/h11-14,17-23,32-35H,7-10,15-16H2,1-6H3,(H,45,47)(H,46,48)(H,49,55)(H,50,56). The van der Waals surface area contributed by atoms with Gasteiger partial charge >= 0.3 is 12.2 Å². The summed E-state index contributed by atoms with van der Waals surface area (Å²) in [6.45, 7) is 8.70. The molecule has 4 atom stereocenters. The van der Waals surface area contributed by atoms with Crippen molar-refractivity contribution < 1.29 is 28.7 Å². The maximum atomic E-state index is 13.6. The van der Waals surface area contributed by atoms with E-state index in [-0.39, 0.29) is 35.7 Å². The van der Waals surface area contributed by atoms with E-state index in [1.165, 1.54) is 14.2 Å². The number of aromatic nitrogens is 7. The number of fused-ring (bicyclic) bond motifs is 1. The summed E-state index contributed by atoms with van der Waals surface area (Å²) in [5.41, 5.74) is 5.94. The maximum Gasteiger partial charge on any atom is 0.407 e. The number of pyridine rings is 1. The zero-order valence-corrected chi connectivity index (χ0v) is 33.5. The molecule has 2 aliphatic heterocycles. The highest BCUT2D eigenvalue weighted by Crippen LogP contribution is 2.35. The molecule has 7 rings (SSSR count). The summed E-state index contributed by atoms with van der Waals surface area (Å²) in [4.78, 5) is 84.9. The molecule has 4 amide bonds. The van der Waals surface area contributed by atoms with Gasteiger partial charge in [-0.1, -0.05) is 52.0 Å². The first-order chi connectivity index (χ1) is 27.9. The molecule has 0 radical (unpaired) electrons. The minimum absolute atomic E-state index is 0.116. The van der Waals surface area contributed by atoms with Crippen LogP contribution in [0.15, 0.2) is 55.1 Å². The van der Waals surface area contributed by atoms with Gasteiger partial charge in [-0.05, 0) is 49.1 Å². The van der Waals surface area contributed by atoms with Crippen molar-refractivity contribution in [1.29, 1.82) is 0 Å². The Morgan fingerprint density at radius 3 is 1.76 bits per heavy atom. The Kier molecular flexibility index (Phi) is 11.7. The van der Waals surface area contributed by atoms with Gasteiger partial charge in [-0.3, -0.25) is 24.5 Å². The fourth-order valence-corrected chi connectivity index (χ4v) is 7.70. The molecule has 0 saturated carbocycles. The highest BCUT2D eigenvalue weighted by Gasteiger charge is 2.39. The van der Waals surface area contributed by atoms with Crippen LogP contribution in [0.25, 0.3) is 44.9 Å². The van der Waals surface area contributed by atoms with Crippen LogP contribution in [0, 0.1) is 11.8 Å². The van der Waals surface area contributed by atoms with E-state index in [4.69, 9.17) is 14.5 Å². The smallest absolute Gasteiger partial charge is 0.407 e. The molecule has 2 fully saturated rings. The van der Waals surface area contributed by atoms with E-state index in [1.807, 2.05) is 58.0 Å². The molecule has 4 N–H and O–H groups in total. The zero-order chi connectivity index (χ0) is 41.1. The lowest BCUT2D eigenvalue weighted by Crippen LogP contribution is -2.51. The van der Waals surface area contributed by atoms with E-state index in [0.717, 1.165) is 48.0 Å². The van der Waals surface area contributed by atoms with Gasteiger partial charge in [0.15, 0.2) is 0 Å². The summed E-state index contributed by atoms with van der Waals surface area (Å²) in [5, 5.41) is 5.37. The molecule has 4 aromatic heterocycles. The van der Waals surface area contributed by atoms with Crippen LogP contribution in [-0.2, 0) is 19.1 Å². The Balaban J connectivity index is 1.02. The second-order valence-corrected chi connectivity index (χ2v) is 15.3. The Hall–Kier alpha value is -6.39. The van der Waals surface area contributed by atoms with E-state index < -0.39 is 24.3 Å². The normalized spacial score (nSPS) is 17.8. The fraction of sp³-hybridized carbons (Fsp3) is 0.439. The molecule has 2 saturated heterocycles. The summed E-state index contributed by atoms with van der Waals surface area (Å²) in [5.74, 6) is 0.794. The lowest BCUT2D eigenvalue weighted by Gasteiger charge is -2.30. The number of carbonyl (C=O) groups excluding carboxylic acids is 4. The van der Waals surface area contributed by atoms with Crippen molar-refractivity contribution in [2.24, 2.45) is 11.8 Å². The number of H-pyrrole nitrogens is 2. The van der Waals surface area contributed by atoms with Crippen LogP contribution in [0.5, 0.6) is 0 Å². The predicted octanol–water partition coefficient (Wildman–Crippen LogP) is 5.56. The molecule has 58 heavy (non-hydrogen) atoms. The quantitative estimate of drug-likeness (QED) is 0.130. The van der Waals surface area contributed by atoms with E-state index in [1.54, 1.807) is 34.6 Å². The van der Waals surface area contributed by atoms with Crippen molar-refractivity contribution in [3.63, 3.8) is 0 Å². The number of nitrogens with one attached hydrogen (secondary N) is 4. The fourth-order valence-electron chi connectivity index (χ4n) is 7.70. The molecule has 2 aliphatic rings. The summed E-state index contributed by atoms with van der Waals surface area (Å²) >= 11 is 0. The first kappa shape index (κ1) is 39.8. The molecule has 0 aliphatic carbocycles. The van der Waals surface area contributed by atoms with Crippen molar-refractivity contribution in [3.8, 4) is 33.9 Å². The molecule has 5 aromatic rings. The van der Waals surface area contributed by atoms with Crippen LogP contribution in [0.3, 0.4) is 0 Å². The van der Waals surface area contributed by atoms with E-state index >= 15 is 0 Å². The van der Waals surface area contributed by atoms with Gasteiger partial charge in [0.05, 0.1) is 79.2 Å². The molecule has 304 valence electrons. The molecule has 0 spiro atoms. The third kappa shape index (κ3) is 8.19. The number of imidazole rings is 2. The first-order valence-corrected chi connectivity index (χ1v) is 19.6. The van der Waals surface area contributed by atoms with Crippen molar-refractivity contribution in [2.45, 2.75) is 77.5 Å². The molecule has 4 unspecified atom stereocenters. The summed E-state index contributed by atoms with van der Waals surface area (Å²) < 4.78 is 9.50. The predicted molar refractivity (Wildman–Crippen MR) is 214 cm³/mol. The van der Waals surface area contributed by atoms with Crippen molar-refractivity contribution in [3.05, 3.63) is 66.8 Å². The average Bonchev–Trinajstić information content (AvgIpc) is 4.07. The first-order valence-electron chi connectivity index (χ1n) is 19.6. The minimum atomic E-state index is -0.716. The van der Waals surface area contributed by atoms with Gasteiger partial charge in [-0.2, -0.15) is 0 Å². The minimum Gasteiger partial charge on any atom is -0.453 e. The number of amides is 4. The van der Waals surface area contributed by atoms with E-state index in [2.05, 4.69) is 40.5 Å². The van der Waals surface area contributed by atoms with Crippen LogP contribution in [0.4, 0.5) is 9.59 Å². The zero-order valence-electron chi connectivity index (χ0n) is 33.5. The van der Waals surface area contributed by atoms with Crippen LogP contribution in [0.1, 0.15) is 77.1 Å². The van der Waals surface area contributed by atoms with Crippen LogP contribution in [-0.4, -0.2) is 108 Å². The molecular weight excluding hydrogens is 743 g/mol. The van der Waals surface area contributed by atoms with Crippen LogP contribution < -0.4 is 10.6 Å². The largest absolute Gasteiger partial charge is 0.453 e. The molecule has 17 nitrogen and oxygen atoms in total. The van der Waals surface area contributed by atoms with Crippen molar-refractivity contribution >= 4 is 35.0 Å². The molecular formula is C41H49N11O6. The van der Waals surface area contributed by atoms with E-state index in [9.17, 15) is 19.2 Å². The lowest BCUT2D eigenvalue weighted by molar-refractivity contribution is -0.136. The third-order valence-electron chi connectivity index (χ3n) is 10.9. The number of alkyl carbamates (subject to hydrolysis) is 2. The number of likely N-dealkylation sites (tertiary alicyclic amines) is 2. The summed E-state index contributed by atoms with van der Waals surface area (Å²) in [7, 11) is 2.56. The molecule has 6 heterocycles. The highest BCUT2D eigenvalue weighted by atomic mass is 16.5. The number of carbonyl (C=O) groups is 4. The third-order valence-corrected chi connectivity index (χ3v) is 10.9.